The number of benzene rings is 2. The average Bonchev–Trinajstić information content (AvgIpc) is 2.94. The first kappa shape index (κ1) is 31.1. The van der Waals surface area contributed by atoms with Gasteiger partial charge in [-0.25, -0.2) is 0 Å². The Kier molecular flexibility index (Phi) is 12.0. The maximum absolute atomic E-state index is 13.7. The summed E-state index contributed by atoms with van der Waals surface area (Å²) in [6.45, 7) is 6.67. The first-order chi connectivity index (χ1) is 19.2. The van der Waals surface area contributed by atoms with E-state index in [-0.39, 0.29) is 24.2 Å². The van der Waals surface area contributed by atoms with E-state index in [2.05, 4.69) is 16.0 Å². The number of carbonyl (C=O) groups excluding carboxylic acids is 3. The molecule has 0 saturated carbocycles. The van der Waals surface area contributed by atoms with Crippen LogP contribution >= 0.6 is 0 Å². The molecule has 9 heteroatoms. The summed E-state index contributed by atoms with van der Waals surface area (Å²) >= 11 is 0. The summed E-state index contributed by atoms with van der Waals surface area (Å²) in [6, 6.07) is 14.6. The van der Waals surface area contributed by atoms with Crippen molar-refractivity contribution in [2.75, 3.05) is 26.7 Å². The number of fused-ring (bicyclic) bond motifs is 1. The first-order valence-corrected chi connectivity index (χ1v) is 14.2. The Morgan fingerprint density at radius 1 is 1.00 bits per heavy atom. The molecule has 2 aromatic rings. The molecule has 3 rings (SSSR count). The van der Waals surface area contributed by atoms with Crippen LogP contribution in [0.3, 0.4) is 0 Å². The lowest BCUT2D eigenvalue weighted by Crippen LogP contribution is -2.61. The molecule has 0 spiro atoms. The number of para-hydroxylation sites is 1. The van der Waals surface area contributed by atoms with E-state index >= 15 is 0 Å². The summed E-state index contributed by atoms with van der Waals surface area (Å²) in [5.41, 5.74) is 1.93. The topological polar surface area (TPSA) is 120 Å². The molecule has 0 aliphatic carbocycles. The molecule has 0 unspecified atom stereocenters. The highest BCUT2D eigenvalue weighted by atomic mass is 16.5. The van der Waals surface area contributed by atoms with E-state index < -0.39 is 30.1 Å². The van der Waals surface area contributed by atoms with Gasteiger partial charge < -0.3 is 30.7 Å². The van der Waals surface area contributed by atoms with Crippen molar-refractivity contribution in [1.82, 2.24) is 20.9 Å². The van der Waals surface area contributed by atoms with Crippen molar-refractivity contribution in [3.8, 4) is 5.75 Å². The van der Waals surface area contributed by atoms with Gasteiger partial charge in [-0.2, -0.15) is 0 Å². The monoisotopic (exact) mass is 552 g/mol. The van der Waals surface area contributed by atoms with Crippen LogP contribution in [0.4, 0.5) is 0 Å². The van der Waals surface area contributed by atoms with E-state index in [4.69, 9.17) is 4.74 Å². The van der Waals surface area contributed by atoms with Crippen LogP contribution in [0.2, 0.25) is 0 Å². The number of aryl methyl sites for hydroxylation is 1. The summed E-state index contributed by atoms with van der Waals surface area (Å²) in [6.07, 6.45) is 1.27. The molecule has 0 radical (unpaired) electrons. The second-order valence-electron chi connectivity index (χ2n) is 10.6. The number of likely N-dealkylation sites (N-methyl/N-ethyl adjacent to an activating group) is 1. The van der Waals surface area contributed by atoms with Crippen molar-refractivity contribution >= 4 is 17.7 Å². The number of hydrogen-bond acceptors (Lipinski definition) is 6. The minimum absolute atomic E-state index is 0.0258. The van der Waals surface area contributed by atoms with Crippen molar-refractivity contribution in [2.45, 2.75) is 70.7 Å². The minimum atomic E-state index is -1.17. The molecule has 2 aromatic carbocycles. The Labute approximate surface area is 237 Å². The summed E-state index contributed by atoms with van der Waals surface area (Å²) in [7, 11) is 1.52. The van der Waals surface area contributed by atoms with Gasteiger partial charge in [-0.1, -0.05) is 68.8 Å². The molecule has 1 heterocycles. The van der Waals surface area contributed by atoms with Gasteiger partial charge in [0, 0.05) is 26.6 Å². The molecule has 40 heavy (non-hydrogen) atoms. The molecule has 0 saturated heterocycles. The first-order valence-electron chi connectivity index (χ1n) is 14.2. The van der Waals surface area contributed by atoms with Crippen LogP contribution in [0.5, 0.6) is 5.75 Å². The van der Waals surface area contributed by atoms with Gasteiger partial charge in [0.2, 0.25) is 17.7 Å². The highest BCUT2D eigenvalue weighted by molar-refractivity contribution is 5.93. The number of ether oxygens (including phenoxy) is 1. The predicted molar refractivity (Wildman–Crippen MR) is 155 cm³/mol. The van der Waals surface area contributed by atoms with Gasteiger partial charge in [-0.3, -0.25) is 14.4 Å². The van der Waals surface area contributed by atoms with Crippen molar-refractivity contribution in [1.29, 1.82) is 0 Å². The summed E-state index contributed by atoms with van der Waals surface area (Å²) in [4.78, 5) is 41.8. The third kappa shape index (κ3) is 8.53. The van der Waals surface area contributed by atoms with E-state index in [1.807, 2.05) is 68.4 Å². The lowest BCUT2D eigenvalue weighted by Gasteiger charge is -2.35. The highest BCUT2D eigenvalue weighted by Gasteiger charge is 2.37. The van der Waals surface area contributed by atoms with Crippen molar-refractivity contribution in [2.24, 2.45) is 5.92 Å². The molecular weight excluding hydrogens is 508 g/mol. The smallest absolute Gasteiger partial charge is 0.246 e. The van der Waals surface area contributed by atoms with Gasteiger partial charge in [0.15, 0.2) is 0 Å². The zero-order chi connectivity index (χ0) is 29.1. The van der Waals surface area contributed by atoms with Gasteiger partial charge in [0.1, 0.15) is 24.4 Å². The lowest BCUT2D eigenvalue weighted by molar-refractivity contribution is -0.146. The van der Waals surface area contributed by atoms with Gasteiger partial charge in [-0.05, 0) is 42.9 Å². The molecule has 1 aliphatic rings. The van der Waals surface area contributed by atoms with Gasteiger partial charge in [0.25, 0.3) is 0 Å². The Hall–Kier alpha value is -3.43. The van der Waals surface area contributed by atoms with E-state index in [0.29, 0.717) is 32.5 Å². The summed E-state index contributed by atoms with van der Waals surface area (Å²) in [5.74, 6) is -0.449. The number of nitrogens with zero attached hydrogens (tertiary/aromatic N) is 1. The Morgan fingerprint density at radius 2 is 1.70 bits per heavy atom. The normalized spacial score (nSPS) is 23.5. The van der Waals surface area contributed by atoms with Gasteiger partial charge in [-0.15, -0.1) is 0 Å². The highest BCUT2D eigenvalue weighted by Crippen LogP contribution is 2.20. The number of hydrogen-bond donors (Lipinski definition) is 4. The summed E-state index contributed by atoms with van der Waals surface area (Å²) in [5, 5.41) is 19.7. The second kappa shape index (κ2) is 15.4. The molecule has 218 valence electrons. The minimum Gasteiger partial charge on any atom is -0.492 e. The fraction of sp³-hybridized carbons (Fsp3) is 0.516. The van der Waals surface area contributed by atoms with Crippen LogP contribution in [0.15, 0.2) is 54.6 Å². The van der Waals surface area contributed by atoms with Gasteiger partial charge in [0.05, 0.1) is 12.1 Å². The van der Waals surface area contributed by atoms with Crippen molar-refractivity contribution in [3.63, 3.8) is 0 Å². The molecule has 9 nitrogen and oxygen atoms in total. The second-order valence-corrected chi connectivity index (χ2v) is 10.6. The summed E-state index contributed by atoms with van der Waals surface area (Å²) < 4.78 is 6.06. The zero-order valence-corrected chi connectivity index (χ0v) is 24.1. The van der Waals surface area contributed by atoms with Crippen molar-refractivity contribution in [3.05, 3.63) is 65.7 Å². The van der Waals surface area contributed by atoms with Crippen LogP contribution in [0, 0.1) is 5.92 Å². The zero-order valence-electron chi connectivity index (χ0n) is 24.1. The number of aliphatic hydroxyl groups is 1. The molecular formula is C31H44N4O5. The molecule has 1 aliphatic heterocycles. The van der Waals surface area contributed by atoms with Crippen molar-refractivity contribution < 1.29 is 24.2 Å². The van der Waals surface area contributed by atoms with Gasteiger partial charge >= 0.3 is 0 Å². The molecule has 4 N–H and O–H groups in total. The van der Waals surface area contributed by atoms with E-state index in [9.17, 15) is 19.5 Å². The molecule has 3 amide bonds. The van der Waals surface area contributed by atoms with Crippen LogP contribution in [-0.4, -0.2) is 78.7 Å². The average molecular weight is 553 g/mol. The predicted octanol–water partition coefficient (Wildman–Crippen LogP) is 2.07. The standard InChI is InChI=1S/C31H44N4O5/c1-5-21(2)27-31(39)35(4)28(22(3)36)30(38)34-25(20-23-12-7-6-8-13-23)29(37)33-17-11-15-24-14-9-10-16-26(24)40-19-18-32-27/h6-10,12-14,16,21-22,25,27-28,32,36H,5,11,15,17-20H2,1-4H3,(H,33,37)(H,34,38)/t21-,22+,25-,27-,28+/m1/s1. The Balaban J connectivity index is 1.92. The number of amides is 3. The third-order valence-electron chi connectivity index (χ3n) is 7.50. The molecule has 5 atom stereocenters. The number of rotatable bonds is 5. The lowest BCUT2D eigenvalue weighted by atomic mass is 9.96. The SMILES string of the molecule is CC[C@@H](C)[C@H]1NCCOc2ccccc2CCCNC(=O)[C@@H](Cc2ccccc2)NC(=O)[C@H]([C@H](C)O)N(C)C1=O. The van der Waals surface area contributed by atoms with Crippen LogP contribution in [0.1, 0.15) is 44.7 Å². The van der Waals surface area contributed by atoms with Crippen LogP contribution in [0.25, 0.3) is 0 Å². The molecule has 0 fully saturated rings. The van der Waals surface area contributed by atoms with E-state index in [1.54, 1.807) is 0 Å². The van der Waals surface area contributed by atoms with E-state index in [1.165, 1.54) is 18.9 Å². The van der Waals surface area contributed by atoms with E-state index in [0.717, 1.165) is 23.3 Å². The van der Waals surface area contributed by atoms with Crippen LogP contribution in [-0.2, 0) is 27.2 Å². The van der Waals surface area contributed by atoms with Crippen LogP contribution < -0.4 is 20.7 Å². The molecule has 0 aromatic heterocycles. The maximum atomic E-state index is 13.7. The Morgan fingerprint density at radius 3 is 2.40 bits per heavy atom. The quantitative estimate of drug-likeness (QED) is 0.451. The fourth-order valence-corrected chi connectivity index (χ4v) is 5.00. The third-order valence-corrected chi connectivity index (χ3v) is 7.50. The fourth-order valence-electron chi connectivity index (χ4n) is 5.00. The Bertz CT molecular complexity index is 1110. The number of aliphatic hydroxyl groups excluding tert-OH is 1. The maximum Gasteiger partial charge on any atom is 0.246 e. The number of carbonyl (C=O) groups is 3. The number of nitrogens with one attached hydrogen (secondary N) is 3. The molecule has 0 bridgehead atoms. The largest absolute Gasteiger partial charge is 0.492 e.